The van der Waals surface area contributed by atoms with Crippen molar-refractivity contribution >= 4 is 17.1 Å². The third-order valence-electron chi connectivity index (χ3n) is 7.98. The Kier molecular flexibility index (Phi) is 8.15. The maximum atomic E-state index is 15.9. The van der Waals surface area contributed by atoms with Crippen LogP contribution < -0.4 is 11.1 Å². The molecular formula is C32H30F2N6O4. The minimum Gasteiger partial charge on any atom is -0.507 e. The van der Waals surface area contributed by atoms with Gasteiger partial charge in [0.05, 0.1) is 22.5 Å². The number of aryl methyl sites for hydroxylation is 1. The number of hydrogen-bond donors (Lipinski definition) is 1. The normalized spacial score (nSPS) is 16.7. The molecule has 1 saturated heterocycles. The minimum atomic E-state index is -1.03. The van der Waals surface area contributed by atoms with Crippen LogP contribution in [-0.2, 0) is 4.79 Å². The van der Waals surface area contributed by atoms with E-state index >= 15 is 4.39 Å². The number of carbonyl (C=O) groups excluding carboxylic acids is 1. The highest BCUT2D eigenvalue weighted by Gasteiger charge is 2.36. The summed E-state index contributed by atoms with van der Waals surface area (Å²) in [6.45, 7) is 16.5. The van der Waals surface area contributed by atoms with E-state index in [1.54, 1.807) is 19.2 Å². The van der Waals surface area contributed by atoms with Crippen molar-refractivity contribution in [3.05, 3.63) is 104 Å². The second kappa shape index (κ2) is 11.8. The summed E-state index contributed by atoms with van der Waals surface area (Å²) in [4.78, 5) is 54.4. The summed E-state index contributed by atoms with van der Waals surface area (Å²) < 4.78 is 33.1. The van der Waals surface area contributed by atoms with Crippen LogP contribution in [-0.4, -0.2) is 54.1 Å². The highest BCUT2D eigenvalue weighted by atomic mass is 19.1. The van der Waals surface area contributed by atoms with Crippen LogP contribution in [0.2, 0.25) is 0 Å². The van der Waals surface area contributed by atoms with Gasteiger partial charge in [0.15, 0.2) is 11.5 Å². The van der Waals surface area contributed by atoms with Gasteiger partial charge in [-0.05, 0) is 55.5 Å². The quantitative estimate of drug-likeness (QED) is 0.196. The van der Waals surface area contributed by atoms with E-state index < -0.39 is 51.8 Å². The van der Waals surface area contributed by atoms with Crippen LogP contribution in [0.25, 0.3) is 33.0 Å². The third kappa shape index (κ3) is 5.04. The molecule has 0 aliphatic carbocycles. The van der Waals surface area contributed by atoms with E-state index in [4.69, 9.17) is 6.57 Å². The lowest BCUT2D eigenvalue weighted by atomic mass is 9.96. The standard InChI is InChI=1S/C32H30F2N6O4/c1-6-25(42)38-13-11-19(14-20(38)16-35-5)39-23-15-22(34)28(26-21(33)8-7-9-24(26)41)37-30(23)40(32(44)31(39)43)29-18(4)10-12-36-27(29)17(2)3/h6-10,12,15,17,19-20,41H,1,11,13-14,16H2,2-4H3/t19?,20-/m1/s1. The zero-order valence-corrected chi connectivity index (χ0v) is 24.4. The Labute approximate surface area is 251 Å². The zero-order chi connectivity index (χ0) is 31.9. The molecule has 4 aromatic rings. The molecular weight excluding hydrogens is 570 g/mol. The molecule has 1 amide bonds. The zero-order valence-electron chi connectivity index (χ0n) is 24.4. The molecule has 1 aromatic carbocycles. The van der Waals surface area contributed by atoms with E-state index in [9.17, 15) is 23.9 Å². The molecule has 0 radical (unpaired) electrons. The molecule has 1 unspecified atom stereocenters. The summed E-state index contributed by atoms with van der Waals surface area (Å²) in [5.74, 6) is -3.06. The Balaban J connectivity index is 1.87. The molecule has 4 heterocycles. The molecule has 1 fully saturated rings. The van der Waals surface area contributed by atoms with Gasteiger partial charge in [0.25, 0.3) is 0 Å². The molecule has 5 rings (SSSR count). The molecule has 0 saturated carbocycles. The number of likely N-dealkylation sites (tertiary alicyclic amines) is 1. The first-order chi connectivity index (χ1) is 21.0. The average Bonchev–Trinajstić information content (AvgIpc) is 2.98. The Morgan fingerprint density at radius 2 is 1.98 bits per heavy atom. The van der Waals surface area contributed by atoms with Crippen LogP contribution in [0, 0.1) is 25.1 Å². The van der Waals surface area contributed by atoms with E-state index in [0.717, 1.165) is 22.8 Å². The Bertz CT molecular complexity index is 1960. The number of phenols is 1. The van der Waals surface area contributed by atoms with Crippen LogP contribution >= 0.6 is 0 Å². The van der Waals surface area contributed by atoms with Crippen molar-refractivity contribution in [1.29, 1.82) is 0 Å². The van der Waals surface area contributed by atoms with E-state index in [0.29, 0.717) is 16.9 Å². The molecule has 44 heavy (non-hydrogen) atoms. The Hall–Kier alpha value is -5.18. The van der Waals surface area contributed by atoms with Gasteiger partial charge in [0.2, 0.25) is 12.5 Å². The number of nitrogens with zero attached hydrogens (tertiary/aromatic N) is 6. The molecule has 3 aromatic heterocycles. The topological polar surface area (TPSA) is 115 Å². The van der Waals surface area contributed by atoms with Crippen molar-refractivity contribution in [1.82, 2.24) is 24.0 Å². The van der Waals surface area contributed by atoms with E-state index in [1.807, 2.05) is 13.8 Å². The molecule has 1 aliphatic rings. The number of fused-ring (bicyclic) bond motifs is 1. The van der Waals surface area contributed by atoms with Gasteiger partial charge in [-0.15, -0.1) is 0 Å². The fraction of sp³-hybridized carbons (Fsp3) is 0.312. The highest BCUT2D eigenvalue weighted by Crippen LogP contribution is 2.36. The SMILES string of the molecule is [C-]#[N+]C[C@H]1CC(n2c(=O)c(=O)n(-c3c(C)ccnc3C(C)C)c3nc(-c4c(O)cccc4F)c(F)cc32)CCN1C(=O)C=C. The third-order valence-corrected chi connectivity index (χ3v) is 7.98. The summed E-state index contributed by atoms with van der Waals surface area (Å²) in [7, 11) is 0. The number of phenolic OH excluding ortho intramolecular Hbond substituents is 1. The number of carbonyl (C=O) groups is 1. The summed E-state index contributed by atoms with van der Waals surface area (Å²) in [5, 5.41) is 10.5. The molecule has 12 heteroatoms. The number of hydrogen-bond acceptors (Lipinski definition) is 6. The average molecular weight is 601 g/mol. The Morgan fingerprint density at radius 3 is 2.64 bits per heavy atom. The number of amides is 1. The van der Waals surface area contributed by atoms with Crippen molar-refractivity contribution in [2.75, 3.05) is 13.1 Å². The summed E-state index contributed by atoms with van der Waals surface area (Å²) >= 11 is 0. The molecule has 2 atom stereocenters. The first-order valence-corrected chi connectivity index (χ1v) is 14.1. The second-order valence-corrected chi connectivity index (χ2v) is 11.0. The number of rotatable bonds is 6. The van der Waals surface area contributed by atoms with Crippen LogP contribution in [0.5, 0.6) is 5.75 Å². The first kappa shape index (κ1) is 30.3. The fourth-order valence-electron chi connectivity index (χ4n) is 5.94. The van der Waals surface area contributed by atoms with Gasteiger partial charge in [-0.1, -0.05) is 26.5 Å². The summed E-state index contributed by atoms with van der Waals surface area (Å²) in [5.41, 5.74) is -1.78. The highest BCUT2D eigenvalue weighted by molar-refractivity contribution is 5.87. The van der Waals surface area contributed by atoms with Crippen molar-refractivity contribution in [2.45, 2.75) is 51.6 Å². The van der Waals surface area contributed by atoms with Crippen molar-refractivity contribution < 1.29 is 18.7 Å². The molecule has 10 nitrogen and oxygen atoms in total. The molecule has 1 aliphatic heterocycles. The van der Waals surface area contributed by atoms with Crippen molar-refractivity contribution in [2.24, 2.45) is 0 Å². The predicted molar refractivity (Wildman–Crippen MR) is 161 cm³/mol. The number of benzene rings is 1. The molecule has 0 bridgehead atoms. The molecule has 0 spiro atoms. The van der Waals surface area contributed by atoms with Crippen LogP contribution in [0.15, 0.2) is 58.8 Å². The van der Waals surface area contributed by atoms with E-state index in [2.05, 4.69) is 21.4 Å². The second-order valence-electron chi connectivity index (χ2n) is 11.0. The van der Waals surface area contributed by atoms with E-state index in [-0.39, 0.29) is 48.9 Å². The Morgan fingerprint density at radius 1 is 1.23 bits per heavy atom. The number of pyridine rings is 2. The maximum Gasteiger partial charge on any atom is 0.322 e. The minimum absolute atomic E-state index is 0.0419. The van der Waals surface area contributed by atoms with Crippen LogP contribution in [0.3, 0.4) is 0 Å². The van der Waals surface area contributed by atoms with Crippen LogP contribution in [0.4, 0.5) is 8.78 Å². The lowest BCUT2D eigenvalue weighted by Crippen LogP contribution is -2.50. The number of piperidine rings is 1. The number of halogens is 2. The largest absolute Gasteiger partial charge is 0.507 e. The number of aromatic nitrogens is 4. The number of aromatic hydroxyl groups is 1. The van der Waals surface area contributed by atoms with Crippen molar-refractivity contribution in [3.63, 3.8) is 0 Å². The van der Waals surface area contributed by atoms with Gasteiger partial charge >= 0.3 is 11.1 Å². The molecule has 226 valence electrons. The smallest absolute Gasteiger partial charge is 0.322 e. The van der Waals surface area contributed by atoms with Gasteiger partial charge in [-0.3, -0.25) is 28.5 Å². The van der Waals surface area contributed by atoms with Gasteiger partial charge in [-0.2, -0.15) is 0 Å². The van der Waals surface area contributed by atoms with E-state index in [1.165, 1.54) is 21.6 Å². The van der Waals surface area contributed by atoms with Gasteiger partial charge in [0.1, 0.15) is 23.3 Å². The summed E-state index contributed by atoms with van der Waals surface area (Å²) in [6.07, 6.45) is 3.10. The summed E-state index contributed by atoms with van der Waals surface area (Å²) in [6, 6.07) is 4.90. The lowest BCUT2D eigenvalue weighted by Gasteiger charge is -2.37. The van der Waals surface area contributed by atoms with Crippen LogP contribution in [0.1, 0.15) is 49.9 Å². The van der Waals surface area contributed by atoms with Crippen molar-refractivity contribution in [3.8, 4) is 22.7 Å². The van der Waals surface area contributed by atoms with Gasteiger partial charge in [0, 0.05) is 24.8 Å². The van der Waals surface area contributed by atoms with Gasteiger partial charge < -0.3 is 14.9 Å². The first-order valence-electron chi connectivity index (χ1n) is 14.1. The molecule has 1 N–H and O–H groups in total. The maximum absolute atomic E-state index is 15.9. The fourth-order valence-corrected chi connectivity index (χ4v) is 5.94. The predicted octanol–water partition coefficient (Wildman–Crippen LogP) is 4.66. The monoisotopic (exact) mass is 600 g/mol. The van der Waals surface area contributed by atoms with Gasteiger partial charge in [-0.25, -0.2) is 20.3 Å². The lowest BCUT2D eigenvalue weighted by molar-refractivity contribution is -0.129.